The van der Waals surface area contributed by atoms with Crippen molar-refractivity contribution in [2.75, 3.05) is 39.6 Å². The van der Waals surface area contributed by atoms with Crippen LogP contribution in [0.15, 0.2) is 182 Å². The van der Waals surface area contributed by atoms with Gasteiger partial charge in [-0.15, -0.1) is 0 Å². The van der Waals surface area contributed by atoms with E-state index in [0.29, 0.717) is 25.7 Å². The second-order valence-corrected chi connectivity index (χ2v) is 28.1. The van der Waals surface area contributed by atoms with Crippen LogP contribution < -0.4 is 0 Å². The average Bonchev–Trinajstić information content (AvgIpc) is 0.912. The molecule has 104 heavy (non-hydrogen) atoms. The van der Waals surface area contributed by atoms with Crippen molar-refractivity contribution in [2.45, 2.75) is 290 Å². The zero-order chi connectivity index (χ0) is 76.0. The summed E-state index contributed by atoms with van der Waals surface area (Å²) in [5, 5.41) is 10.6. The number of phosphoric ester groups is 2. The van der Waals surface area contributed by atoms with Gasteiger partial charge in [-0.2, -0.15) is 0 Å². The molecule has 0 heterocycles. The van der Waals surface area contributed by atoms with Gasteiger partial charge in [-0.05, 0) is 141 Å². The number of carbonyl (C=O) groups excluding carboxylic acids is 4. The van der Waals surface area contributed by atoms with E-state index in [-0.39, 0.29) is 25.7 Å². The van der Waals surface area contributed by atoms with Gasteiger partial charge in [-0.25, -0.2) is 9.13 Å². The van der Waals surface area contributed by atoms with Gasteiger partial charge in [0.2, 0.25) is 0 Å². The molecule has 0 spiro atoms. The summed E-state index contributed by atoms with van der Waals surface area (Å²) in [6.45, 7) is 4.24. The first-order chi connectivity index (χ1) is 50.7. The van der Waals surface area contributed by atoms with E-state index >= 15 is 0 Å². The van der Waals surface area contributed by atoms with Crippen molar-refractivity contribution >= 4 is 39.5 Å². The van der Waals surface area contributed by atoms with E-state index in [1.54, 1.807) is 18.2 Å². The maximum absolute atomic E-state index is 13.1. The van der Waals surface area contributed by atoms with Gasteiger partial charge in [0.25, 0.3) is 0 Å². The number of aliphatic hydroxyl groups excluding tert-OH is 1. The molecule has 0 aromatic rings. The molecule has 0 saturated carbocycles. The molecule has 0 aromatic heterocycles. The highest BCUT2D eigenvalue weighted by atomic mass is 31.2. The summed E-state index contributed by atoms with van der Waals surface area (Å²) < 4.78 is 68.3. The lowest BCUT2D eigenvalue weighted by Crippen LogP contribution is -2.30. The number of unbranched alkanes of at least 4 members (excludes halogenated alkanes) is 17. The van der Waals surface area contributed by atoms with E-state index in [4.69, 9.17) is 37.0 Å². The first-order valence-corrected chi connectivity index (χ1v) is 42.0. The molecule has 0 rings (SSSR count). The van der Waals surface area contributed by atoms with Crippen molar-refractivity contribution in [1.82, 2.24) is 0 Å². The summed E-state index contributed by atoms with van der Waals surface area (Å²) in [5.74, 6) is -2.51. The zero-order valence-electron chi connectivity index (χ0n) is 64.1. The minimum atomic E-state index is -5.03. The second-order valence-electron chi connectivity index (χ2n) is 25.2. The fraction of sp³-hybridized carbons (Fsp3) is 0.600. The molecule has 17 nitrogen and oxygen atoms in total. The largest absolute Gasteiger partial charge is 0.472 e. The van der Waals surface area contributed by atoms with Gasteiger partial charge >= 0.3 is 39.5 Å². The molecule has 0 aliphatic rings. The van der Waals surface area contributed by atoms with Gasteiger partial charge in [0.05, 0.1) is 39.3 Å². The standard InChI is InChI=1S/C85H136O17P2/c1-5-9-13-17-21-25-29-33-37-38-39-40-44-46-50-54-58-62-66-70-83(88)96-76-81(102-85(90)72-68-64-60-56-52-48-43-36-32-28-24-20-16-12-8-4)78-100-104(93,94)98-74-79(86)73-97-103(91,92)99-77-80(101-84(89)71-67-63-59-55-51-47-42-35-31-27-23-19-15-11-7-3)75-95-82(87)69-65-61-57-53-49-45-41-34-30-26-22-18-14-10-6-2/h9-11,13-15,21-23,25-27,33-37,39-43,49,51,53,55,61,63,65,67,79-81,86H,5-8,12,16-20,24,28-32,38,44-48,50,52,54,56-60,62,64,66,68-78H2,1-4H3,(H,91,92)(H,93,94)/b13-9-,14-10-,15-11-,25-21-,26-22-,27-23-,37-33-,40-39-,41-34-,42-35-,43-36-,53-49-,55-51-,65-61-,67-63-. The summed E-state index contributed by atoms with van der Waals surface area (Å²) >= 11 is 0. The number of phosphoric acid groups is 2. The molecule has 0 aliphatic heterocycles. The number of esters is 4. The molecular formula is C85H136O17P2. The number of ether oxygens (including phenoxy) is 4. The third-order valence-corrected chi connectivity index (χ3v) is 17.3. The van der Waals surface area contributed by atoms with Crippen molar-refractivity contribution in [3.05, 3.63) is 182 Å². The third kappa shape index (κ3) is 74.4. The van der Waals surface area contributed by atoms with E-state index in [1.165, 1.54) is 38.5 Å². The zero-order valence-corrected chi connectivity index (χ0v) is 65.9. The van der Waals surface area contributed by atoms with Crippen LogP contribution >= 0.6 is 15.6 Å². The van der Waals surface area contributed by atoms with Crippen LogP contribution in [0.25, 0.3) is 0 Å². The van der Waals surface area contributed by atoms with Crippen LogP contribution in [0.5, 0.6) is 0 Å². The fourth-order valence-electron chi connectivity index (χ4n) is 9.59. The Morgan fingerprint density at radius 3 is 0.904 bits per heavy atom. The predicted octanol–water partition coefficient (Wildman–Crippen LogP) is 22.8. The predicted molar refractivity (Wildman–Crippen MR) is 426 cm³/mol. The Kier molecular flexibility index (Phi) is 71.2. The Morgan fingerprint density at radius 2 is 0.548 bits per heavy atom. The van der Waals surface area contributed by atoms with E-state index in [9.17, 15) is 43.2 Å². The summed E-state index contributed by atoms with van der Waals surface area (Å²) in [6, 6.07) is 0. The highest BCUT2D eigenvalue weighted by molar-refractivity contribution is 7.47. The van der Waals surface area contributed by atoms with Crippen LogP contribution in [0, 0.1) is 0 Å². The van der Waals surface area contributed by atoms with Crippen molar-refractivity contribution < 1.29 is 80.2 Å². The van der Waals surface area contributed by atoms with Gasteiger partial charge in [0, 0.05) is 12.8 Å². The number of hydrogen-bond acceptors (Lipinski definition) is 15. The van der Waals surface area contributed by atoms with E-state index in [2.05, 4.69) is 161 Å². The van der Waals surface area contributed by atoms with Crippen molar-refractivity contribution in [2.24, 2.45) is 0 Å². The number of carbonyl (C=O) groups is 4. The summed E-state index contributed by atoms with van der Waals surface area (Å²) in [4.78, 5) is 72.8. The highest BCUT2D eigenvalue weighted by Crippen LogP contribution is 2.45. The molecule has 3 N–H and O–H groups in total. The van der Waals surface area contributed by atoms with Gasteiger partial charge in [-0.3, -0.25) is 37.3 Å². The molecule has 0 aromatic carbocycles. The van der Waals surface area contributed by atoms with Crippen molar-refractivity contribution in [3.63, 3.8) is 0 Å². The lowest BCUT2D eigenvalue weighted by molar-refractivity contribution is -0.161. The first-order valence-electron chi connectivity index (χ1n) is 39.0. The van der Waals surface area contributed by atoms with Crippen molar-refractivity contribution in [3.8, 4) is 0 Å². The van der Waals surface area contributed by atoms with Crippen LogP contribution in [0.1, 0.15) is 272 Å². The SMILES string of the molecule is CC/C=C\C/C=C\C/C=C\C/C=C\C/C=C\CC(=O)OCC(COP(=O)(O)OCC(O)COP(=O)(O)OCC(COC(=O)CCCCCCCC/C=C\C/C=C\C/C=C\C/C=C\CC)OC(=O)CCCCCCC/C=C\CCCCCCCC)OC(=O)C/C=C\C/C=C\C/C=C\C/C=C\C/C=C\CC. The number of aliphatic hydroxyl groups is 1. The average molecular weight is 1490 g/mol. The minimum absolute atomic E-state index is 0.0709. The molecule has 588 valence electrons. The maximum atomic E-state index is 13.1. The van der Waals surface area contributed by atoms with Gasteiger partial charge in [-0.1, -0.05) is 287 Å². The van der Waals surface area contributed by atoms with Crippen LogP contribution in [0.2, 0.25) is 0 Å². The molecule has 0 fully saturated rings. The van der Waals surface area contributed by atoms with E-state index in [1.807, 2.05) is 30.4 Å². The van der Waals surface area contributed by atoms with Crippen LogP contribution in [0.4, 0.5) is 0 Å². The molecule has 0 radical (unpaired) electrons. The van der Waals surface area contributed by atoms with Crippen molar-refractivity contribution in [1.29, 1.82) is 0 Å². The Morgan fingerprint density at radius 1 is 0.288 bits per heavy atom. The van der Waals surface area contributed by atoms with Crippen LogP contribution in [0.3, 0.4) is 0 Å². The highest BCUT2D eigenvalue weighted by Gasteiger charge is 2.30. The van der Waals surface area contributed by atoms with Gasteiger partial charge < -0.3 is 33.8 Å². The van der Waals surface area contributed by atoms with E-state index < -0.39 is 97.5 Å². The minimum Gasteiger partial charge on any atom is -0.462 e. The smallest absolute Gasteiger partial charge is 0.462 e. The lowest BCUT2D eigenvalue weighted by Gasteiger charge is -2.21. The molecule has 0 bridgehead atoms. The lowest BCUT2D eigenvalue weighted by atomic mass is 10.1. The maximum Gasteiger partial charge on any atom is 0.472 e. The van der Waals surface area contributed by atoms with Crippen LogP contribution in [-0.4, -0.2) is 96.7 Å². The third-order valence-electron chi connectivity index (χ3n) is 15.4. The molecular weight excluding hydrogens is 1350 g/mol. The number of allylic oxidation sites excluding steroid dienone is 28. The molecule has 0 saturated heterocycles. The topological polar surface area (TPSA) is 237 Å². The fourth-order valence-corrected chi connectivity index (χ4v) is 11.2. The Balaban J connectivity index is 5.51. The summed E-state index contributed by atoms with van der Waals surface area (Å²) in [7, 11) is -10.0. The van der Waals surface area contributed by atoms with E-state index in [0.717, 1.165) is 154 Å². The van der Waals surface area contributed by atoms with Gasteiger partial charge in [0.1, 0.15) is 19.3 Å². The number of hydrogen-bond donors (Lipinski definition) is 3. The van der Waals surface area contributed by atoms with Gasteiger partial charge in [0.15, 0.2) is 12.2 Å². The summed E-state index contributed by atoms with van der Waals surface area (Å²) in [5.41, 5.74) is 0. The summed E-state index contributed by atoms with van der Waals surface area (Å²) in [6.07, 6.45) is 90.8. The quantitative estimate of drug-likeness (QED) is 0.0169. The molecule has 5 unspecified atom stereocenters. The normalized spacial score (nSPS) is 14.9. The Bertz CT molecular complexity index is 2690. The first kappa shape index (κ1) is 98.2. The Hall–Kier alpha value is -5.84. The van der Waals surface area contributed by atoms with Crippen LogP contribution in [-0.2, 0) is 65.4 Å². The molecule has 19 heteroatoms. The Labute approximate surface area is 628 Å². The number of rotatable bonds is 71. The monoisotopic (exact) mass is 1490 g/mol. The molecule has 5 atom stereocenters. The molecule has 0 amide bonds. The second kappa shape index (κ2) is 75.4. The molecule has 0 aliphatic carbocycles.